The Morgan fingerprint density at radius 3 is 2.57 bits per heavy atom. The number of nitrogens with zero attached hydrogens (tertiary/aromatic N) is 2. The second kappa shape index (κ2) is 7.81. The van der Waals surface area contributed by atoms with Crippen LogP contribution in [0, 0.1) is 11.8 Å². The molecule has 6 heteroatoms. The maximum atomic E-state index is 12.2. The number of amides is 1. The number of nitrogens with one attached hydrogen (secondary N) is 1. The van der Waals surface area contributed by atoms with Gasteiger partial charge in [0.05, 0.1) is 5.69 Å². The minimum Gasteiger partial charge on any atom is -0.481 e. The number of carboxylic acid groups (broad SMARTS) is 1. The van der Waals surface area contributed by atoms with Crippen molar-refractivity contribution >= 4 is 11.9 Å². The van der Waals surface area contributed by atoms with E-state index in [2.05, 4.69) is 10.4 Å². The predicted molar refractivity (Wildman–Crippen MR) is 80.1 cm³/mol. The molecule has 1 rings (SSSR count). The normalized spacial score (nSPS) is 12.4. The van der Waals surface area contributed by atoms with Crippen molar-refractivity contribution < 1.29 is 14.7 Å². The smallest absolute Gasteiger partial charge is 0.303 e. The molecule has 0 spiro atoms. The number of aryl methyl sites for hydroxylation is 2. The second-order valence-corrected chi connectivity index (χ2v) is 5.80. The zero-order chi connectivity index (χ0) is 16.0. The van der Waals surface area contributed by atoms with Gasteiger partial charge in [0.15, 0.2) is 0 Å². The Morgan fingerprint density at radius 2 is 2.10 bits per heavy atom. The van der Waals surface area contributed by atoms with Crippen molar-refractivity contribution in [1.29, 1.82) is 0 Å². The highest BCUT2D eigenvalue weighted by molar-refractivity contribution is 5.92. The molecule has 1 amide bonds. The summed E-state index contributed by atoms with van der Waals surface area (Å²) < 4.78 is 1.56. The van der Waals surface area contributed by atoms with Gasteiger partial charge in [0.2, 0.25) is 0 Å². The van der Waals surface area contributed by atoms with E-state index < -0.39 is 5.97 Å². The van der Waals surface area contributed by atoms with E-state index >= 15 is 0 Å². The molecule has 6 nitrogen and oxygen atoms in total. The first-order chi connectivity index (χ1) is 9.83. The topological polar surface area (TPSA) is 84.2 Å². The predicted octanol–water partition coefficient (Wildman–Crippen LogP) is 1.85. The van der Waals surface area contributed by atoms with Crippen LogP contribution in [0.15, 0.2) is 6.07 Å². The minimum absolute atomic E-state index is 0.0506. The fourth-order valence-electron chi connectivity index (χ4n) is 2.39. The molecule has 1 aromatic heterocycles. The third-order valence-corrected chi connectivity index (χ3v) is 3.34. The quantitative estimate of drug-likeness (QED) is 0.766. The summed E-state index contributed by atoms with van der Waals surface area (Å²) in [6.07, 6.45) is 1.62. The molecule has 0 aromatic carbocycles. The standard InChI is InChI=1S/C15H25N3O3/c1-5-12-8-13(18(4)17-12)15(21)16-9-11(6-10(2)3)7-14(19)20/h8,10-11H,5-7,9H2,1-4H3,(H,16,21)(H,19,20). The monoisotopic (exact) mass is 295 g/mol. The first-order valence-electron chi connectivity index (χ1n) is 7.36. The molecule has 1 atom stereocenters. The summed E-state index contributed by atoms with van der Waals surface area (Å²) in [6.45, 7) is 6.45. The first-order valence-corrected chi connectivity index (χ1v) is 7.36. The minimum atomic E-state index is -0.830. The molecule has 1 unspecified atom stereocenters. The Balaban J connectivity index is 2.63. The molecule has 0 aliphatic carbocycles. The van der Waals surface area contributed by atoms with Crippen LogP contribution in [0.2, 0.25) is 0 Å². The Kier molecular flexibility index (Phi) is 6.39. The molecule has 21 heavy (non-hydrogen) atoms. The molecule has 1 heterocycles. The van der Waals surface area contributed by atoms with Crippen molar-refractivity contribution in [3.63, 3.8) is 0 Å². The van der Waals surface area contributed by atoms with Crippen molar-refractivity contribution in [3.8, 4) is 0 Å². The van der Waals surface area contributed by atoms with Crippen LogP contribution >= 0.6 is 0 Å². The van der Waals surface area contributed by atoms with Crippen molar-refractivity contribution in [2.75, 3.05) is 6.54 Å². The fraction of sp³-hybridized carbons (Fsp3) is 0.667. The van der Waals surface area contributed by atoms with Gasteiger partial charge in [-0.1, -0.05) is 20.8 Å². The molecular weight excluding hydrogens is 270 g/mol. The Bertz CT molecular complexity index is 494. The summed E-state index contributed by atoms with van der Waals surface area (Å²) in [6, 6.07) is 1.77. The lowest BCUT2D eigenvalue weighted by molar-refractivity contribution is -0.138. The van der Waals surface area contributed by atoms with Gasteiger partial charge in [-0.05, 0) is 30.7 Å². The van der Waals surface area contributed by atoms with Gasteiger partial charge in [-0.3, -0.25) is 14.3 Å². The summed E-state index contributed by atoms with van der Waals surface area (Å²) in [5.41, 5.74) is 1.37. The van der Waals surface area contributed by atoms with Crippen molar-refractivity contribution in [2.24, 2.45) is 18.9 Å². The Labute approximate surface area is 125 Å². The fourth-order valence-corrected chi connectivity index (χ4v) is 2.39. The summed E-state index contributed by atoms with van der Waals surface area (Å²) in [4.78, 5) is 23.0. The molecule has 1 aromatic rings. The highest BCUT2D eigenvalue weighted by Crippen LogP contribution is 2.15. The van der Waals surface area contributed by atoms with Gasteiger partial charge in [-0.2, -0.15) is 5.10 Å². The lowest BCUT2D eigenvalue weighted by atomic mass is 9.94. The number of hydrogen-bond donors (Lipinski definition) is 2. The first kappa shape index (κ1) is 17.2. The number of rotatable bonds is 8. The summed E-state index contributed by atoms with van der Waals surface area (Å²) >= 11 is 0. The number of carboxylic acids is 1. The zero-order valence-corrected chi connectivity index (χ0v) is 13.2. The van der Waals surface area contributed by atoms with E-state index in [9.17, 15) is 9.59 Å². The largest absolute Gasteiger partial charge is 0.481 e. The number of aromatic nitrogens is 2. The molecule has 0 radical (unpaired) electrons. The van der Waals surface area contributed by atoms with Gasteiger partial charge < -0.3 is 10.4 Å². The van der Waals surface area contributed by atoms with Gasteiger partial charge in [0, 0.05) is 20.0 Å². The van der Waals surface area contributed by atoms with Gasteiger partial charge in [-0.25, -0.2) is 0 Å². The van der Waals surface area contributed by atoms with Gasteiger partial charge in [0.25, 0.3) is 5.91 Å². The summed E-state index contributed by atoms with van der Waals surface area (Å²) in [7, 11) is 1.73. The van der Waals surface area contributed by atoms with E-state index in [1.54, 1.807) is 17.8 Å². The number of carbonyl (C=O) groups excluding carboxylic acids is 1. The van der Waals surface area contributed by atoms with E-state index in [0.29, 0.717) is 18.2 Å². The highest BCUT2D eigenvalue weighted by Gasteiger charge is 2.18. The van der Waals surface area contributed by atoms with Crippen LogP contribution < -0.4 is 5.32 Å². The Morgan fingerprint density at radius 1 is 1.43 bits per heavy atom. The molecule has 2 N–H and O–H groups in total. The molecule has 0 saturated carbocycles. The van der Waals surface area contributed by atoms with E-state index in [0.717, 1.165) is 18.5 Å². The van der Waals surface area contributed by atoms with Crippen molar-refractivity contribution in [1.82, 2.24) is 15.1 Å². The molecular formula is C15H25N3O3. The number of aliphatic carboxylic acids is 1. The lowest BCUT2D eigenvalue weighted by Gasteiger charge is -2.17. The SMILES string of the molecule is CCc1cc(C(=O)NCC(CC(=O)O)CC(C)C)n(C)n1. The number of hydrogen-bond acceptors (Lipinski definition) is 3. The van der Waals surface area contributed by atoms with Gasteiger partial charge >= 0.3 is 5.97 Å². The summed E-state index contributed by atoms with van der Waals surface area (Å²) in [5, 5.41) is 16.0. The van der Waals surface area contributed by atoms with Crippen LogP contribution in [0.4, 0.5) is 0 Å². The van der Waals surface area contributed by atoms with E-state index in [4.69, 9.17) is 5.11 Å². The van der Waals surface area contributed by atoms with Crippen LogP contribution in [-0.2, 0) is 18.3 Å². The number of carbonyl (C=O) groups is 2. The molecule has 0 fully saturated rings. The average Bonchev–Trinajstić information content (AvgIpc) is 2.75. The Hall–Kier alpha value is -1.85. The third kappa shape index (κ3) is 5.57. The molecule has 118 valence electrons. The second-order valence-electron chi connectivity index (χ2n) is 5.80. The van der Waals surface area contributed by atoms with Crippen LogP contribution in [0.25, 0.3) is 0 Å². The maximum Gasteiger partial charge on any atom is 0.303 e. The van der Waals surface area contributed by atoms with E-state index in [1.165, 1.54) is 0 Å². The average molecular weight is 295 g/mol. The molecule has 0 aliphatic heterocycles. The third-order valence-electron chi connectivity index (χ3n) is 3.34. The van der Waals surface area contributed by atoms with E-state index in [1.807, 2.05) is 20.8 Å². The summed E-state index contributed by atoms with van der Waals surface area (Å²) in [5.74, 6) is -0.687. The van der Waals surface area contributed by atoms with E-state index in [-0.39, 0.29) is 18.2 Å². The maximum absolute atomic E-state index is 12.2. The zero-order valence-electron chi connectivity index (χ0n) is 13.2. The van der Waals surface area contributed by atoms with Gasteiger partial charge in [-0.15, -0.1) is 0 Å². The van der Waals surface area contributed by atoms with Crippen molar-refractivity contribution in [3.05, 3.63) is 17.5 Å². The van der Waals surface area contributed by atoms with Crippen LogP contribution in [0.1, 0.15) is 49.8 Å². The molecule has 0 bridgehead atoms. The highest BCUT2D eigenvalue weighted by atomic mass is 16.4. The lowest BCUT2D eigenvalue weighted by Crippen LogP contribution is -2.32. The van der Waals surface area contributed by atoms with Crippen LogP contribution in [0.3, 0.4) is 0 Å². The van der Waals surface area contributed by atoms with Crippen molar-refractivity contribution in [2.45, 2.75) is 40.0 Å². The molecule has 0 saturated heterocycles. The van der Waals surface area contributed by atoms with Gasteiger partial charge in [0.1, 0.15) is 5.69 Å². The van der Waals surface area contributed by atoms with Crippen LogP contribution in [-0.4, -0.2) is 33.3 Å². The van der Waals surface area contributed by atoms with Crippen LogP contribution in [0.5, 0.6) is 0 Å². The molecule has 0 aliphatic rings.